The van der Waals surface area contributed by atoms with Crippen LogP contribution in [0.1, 0.15) is 24.1 Å². The molecular weight excluding hydrogens is 422 g/mol. The van der Waals surface area contributed by atoms with Gasteiger partial charge in [-0.3, -0.25) is 4.90 Å². The number of rotatable bonds is 5. The maximum Gasteiger partial charge on any atom is 0.338 e. The van der Waals surface area contributed by atoms with Crippen molar-refractivity contribution in [1.29, 1.82) is 5.26 Å². The van der Waals surface area contributed by atoms with E-state index in [1.807, 2.05) is 73.6 Å². The van der Waals surface area contributed by atoms with Crippen molar-refractivity contribution < 1.29 is 9.53 Å². The molecule has 0 aliphatic carbocycles. The highest BCUT2D eigenvalue weighted by Crippen LogP contribution is 2.47. The normalized spacial score (nSPS) is 17.6. The predicted octanol–water partition coefficient (Wildman–Crippen LogP) is 3.84. The number of benzene rings is 2. The first kappa shape index (κ1) is 21.5. The average Bonchev–Trinajstić information content (AvgIpc) is 3.14. The van der Waals surface area contributed by atoms with E-state index in [0.29, 0.717) is 21.3 Å². The molecule has 0 bridgehead atoms. The standard InChI is InChI=1S/C24H23N5O2S/c1-4-31-23(30)19-20(15-8-6-5-7-9-15)27-24-29(22(26)18(14-25)32-24)21(19)16-10-12-17(13-11-16)28(2)3/h5-13,21H,4,26H2,1-3H3/t21-/m0/s1. The van der Waals surface area contributed by atoms with Crippen molar-refractivity contribution in [3.05, 3.63) is 82.0 Å². The molecular formula is C24H23N5O2S. The van der Waals surface area contributed by atoms with Crippen LogP contribution in [-0.2, 0) is 9.53 Å². The van der Waals surface area contributed by atoms with Crippen molar-refractivity contribution in [3.63, 3.8) is 0 Å². The van der Waals surface area contributed by atoms with Gasteiger partial charge in [0.2, 0.25) is 0 Å². The second-order valence-corrected chi connectivity index (χ2v) is 8.41. The number of amidine groups is 1. The molecule has 2 heterocycles. The quantitative estimate of drug-likeness (QED) is 0.699. The molecule has 0 aromatic heterocycles. The number of thioether (sulfide) groups is 1. The summed E-state index contributed by atoms with van der Waals surface area (Å²) in [5.41, 5.74) is 9.96. The van der Waals surface area contributed by atoms with Crippen LogP contribution in [-0.4, -0.2) is 36.7 Å². The lowest BCUT2D eigenvalue weighted by Crippen LogP contribution is -2.38. The Labute approximate surface area is 191 Å². The maximum absolute atomic E-state index is 13.3. The Morgan fingerprint density at radius 3 is 2.50 bits per heavy atom. The first-order valence-corrected chi connectivity index (χ1v) is 11.0. The van der Waals surface area contributed by atoms with Gasteiger partial charge in [0.1, 0.15) is 16.8 Å². The van der Waals surface area contributed by atoms with Gasteiger partial charge in [-0.05, 0) is 36.4 Å². The summed E-state index contributed by atoms with van der Waals surface area (Å²) in [6, 6.07) is 19.0. The Balaban J connectivity index is 1.97. The minimum Gasteiger partial charge on any atom is -0.463 e. The van der Waals surface area contributed by atoms with Crippen LogP contribution in [0.3, 0.4) is 0 Å². The van der Waals surface area contributed by atoms with Gasteiger partial charge in [-0.2, -0.15) is 5.26 Å². The summed E-state index contributed by atoms with van der Waals surface area (Å²) >= 11 is 1.21. The molecule has 0 saturated carbocycles. The van der Waals surface area contributed by atoms with E-state index in [-0.39, 0.29) is 12.4 Å². The summed E-state index contributed by atoms with van der Waals surface area (Å²) in [4.78, 5) is 22.2. The van der Waals surface area contributed by atoms with Crippen molar-refractivity contribution in [3.8, 4) is 6.07 Å². The zero-order chi connectivity index (χ0) is 22.8. The van der Waals surface area contributed by atoms with E-state index in [9.17, 15) is 10.1 Å². The lowest BCUT2D eigenvalue weighted by molar-refractivity contribution is -0.139. The molecule has 0 unspecified atom stereocenters. The van der Waals surface area contributed by atoms with Gasteiger partial charge in [0.15, 0.2) is 5.17 Å². The molecule has 0 spiro atoms. The Kier molecular flexibility index (Phi) is 5.93. The Bertz CT molecular complexity index is 1180. The van der Waals surface area contributed by atoms with Crippen LogP contribution < -0.4 is 10.6 Å². The largest absolute Gasteiger partial charge is 0.463 e. The van der Waals surface area contributed by atoms with E-state index in [4.69, 9.17) is 15.5 Å². The van der Waals surface area contributed by atoms with Crippen molar-refractivity contribution in [2.24, 2.45) is 10.7 Å². The van der Waals surface area contributed by atoms with E-state index in [0.717, 1.165) is 16.8 Å². The lowest BCUT2D eigenvalue weighted by Gasteiger charge is -2.35. The molecule has 4 rings (SSSR count). The second kappa shape index (κ2) is 8.81. The molecule has 2 aromatic carbocycles. The Morgan fingerprint density at radius 2 is 1.91 bits per heavy atom. The topological polar surface area (TPSA) is 94.9 Å². The van der Waals surface area contributed by atoms with Gasteiger partial charge in [0, 0.05) is 25.3 Å². The molecule has 0 saturated heterocycles. The van der Waals surface area contributed by atoms with Gasteiger partial charge < -0.3 is 15.4 Å². The van der Waals surface area contributed by atoms with Gasteiger partial charge in [0.25, 0.3) is 0 Å². The molecule has 32 heavy (non-hydrogen) atoms. The van der Waals surface area contributed by atoms with Crippen LogP contribution in [0.2, 0.25) is 0 Å². The zero-order valence-corrected chi connectivity index (χ0v) is 18.9. The van der Waals surface area contributed by atoms with Crippen molar-refractivity contribution >= 4 is 34.3 Å². The molecule has 2 aliphatic rings. The minimum absolute atomic E-state index is 0.233. The molecule has 2 aliphatic heterocycles. The van der Waals surface area contributed by atoms with Gasteiger partial charge >= 0.3 is 5.97 Å². The van der Waals surface area contributed by atoms with Gasteiger partial charge in [-0.1, -0.05) is 42.5 Å². The number of fused-ring (bicyclic) bond motifs is 1. The third-order valence-electron chi connectivity index (χ3n) is 5.26. The number of allylic oxidation sites excluding steroid dienone is 1. The summed E-state index contributed by atoms with van der Waals surface area (Å²) in [5, 5.41) is 10.1. The van der Waals surface area contributed by atoms with Crippen LogP contribution in [0.4, 0.5) is 5.69 Å². The maximum atomic E-state index is 13.3. The van der Waals surface area contributed by atoms with Crippen molar-refractivity contribution in [2.45, 2.75) is 13.0 Å². The summed E-state index contributed by atoms with van der Waals surface area (Å²) in [6.45, 7) is 2.00. The highest BCUT2D eigenvalue weighted by Gasteiger charge is 2.43. The van der Waals surface area contributed by atoms with Crippen LogP contribution in [0.25, 0.3) is 5.70 Å². The number of nitrogens with two attached hydrogens (primary N) is 1. The Morgan fingerprint density at radius 1 is 1.22 bits per heavy atom. The number of hydrogen-bond donors (Lipinski definition) is 1. The number of aliphatic imine (C=N–C) groups is 1. The summed E-state index contributed by atoms with van der Waals surface area (Å²) in [6.07, 6.45) is 0. The summed E-state index contributed by atoms with van der Waals surface area (Å²) in [5.74, 6) is -0.175. The number of hydrogen-bond acceptors (Lipinski definition) is 8. The molecule has 0 amide bonds. The SMILES string of the molecule is CCOC(=O)C1=C(c2ccccc2)N=C2SC(C#N)=C(N)N2[C@H]1c1ccc(N(C)C)cc1. The molecule has 7 nitrogen and oxygen atoms in total. The molecule has 162 valence electrons. The molecule has 0 radical (unpaired) electrons. The number of ether oxygens (including phenoxy) is 1. The number of anilines is 1. The average molecular weight is 446 g/mol. The third-order valence-corrected chi connectivity index (χ3v) is 6.23. The van der Waals surface area contributed by atoms with E-state index in [1.165, 1.54) is 11.8 Å². The fourth-order valence-electron chi connectivity index (χ4n) is 3.73. The number of nitriles is 1. The smallest absolute Gasteiger partial charge is 0.338 e. The summed E-state index contributed by atoms with van der Waals surface area (Å²) < 4.78 is 5.45. The molecule has 8 heteroatoms. The van der Waals surface area contributed by atoms with E-state index < -0.39 is 12.0 Å². The number of carbonyl (C=O) groups is 1. The number of esters is 1. The van der Waals surface area contributed by atoms with Crippen LogP contribution >= 0.6 is 11.8 Å². The molecule has 1 atom stereocenters. The van der Waals surface area contributed by atoms with Gasteiger partial charge in [0.05, 0.1) is 23.9 Å². The fourth-order valence-corrected chi connectivity index (χ4v) is 4.60. The lowest BCUT2D eigenvalue weighted by atomic mass is 9.92. The van der Waals surface area contributed by atoms with E-state index in [1.54, 1.807) is 11.8 Å². The predicted molar refractivity (Wildman–Crippen MR) is 127 cm³/mol. The number of carbonyl (C=O) groups excluding carboxylic acids is 1. The van der Waals surface area contributed by atoms with Gasteiger partial charge in [-0.15, -0.1) is 0 Å². The van der Waals surface area contributed by atoms with Crippen LogP contribution in [0.15, 0.2) is 75.9 Å². The number of nitrogens with zero attached hydrogens (tertiary/aromatic N) is 4. The van der Waals surface area contributed by atoms with Crippen LogP contribution in [0.5, 0.6) is 0 Å². The minimum atomic E-state index is -0.577. The third kappa shape index (κ3) is 3.72. The highest BCUT2D eigenvalue weighted by molar-refractivity contribution is 8.17. The first-order valence-electron chi connectivity index (χ1n) is 10.2. The highest BCUT2D eigenvalue weighted by atomic mass is 32.2. The zero-order valence-electron chi connectivity index (χ0n) is 18.1. The monoisotopic (exact) mass is 445 g/mol. The van der Waals surface area contributed by atoms with Gasteiger partial charge in [-0.25, -0.2) is 9.79 Å². The first-order chi connectivity index (χ1) is 15.5. The van der Waals surface area contributed by atoms with Crippen molar-refractivity contribution in [1.82, 2.24) is 4.90 Å². The van der Waals surface area contributed by atoms with Crippen molar-refractivity contribution in [2.75, 3.05) is 25.6 Å². The Hall–Kier alpha value is -3.70. The van der Waals surface area contributed by atoms with Crippen LogP contribution in [0, 0.1) is 11.3 Å². The fraction of sp³-hybridized carbons (Fsp3) is 0.208. The van der Waals surface area contributed by atoms with E-state index in [2.05, 4.69) is 6.07 Å². The summed E-state index contributed by atoms with van der Waals surface area (Å²) in [7, 11) is 3.93. The molecule has 2 aromatic rings. The van der Waals surface area contributed by atoms with E-state index >= 15 is 0 Å². The molecule has 0 fully saturated rings. The second-order valence-electron chi connectivity index (χ2n) is 7.43. The molecule has 2 N–H and O–H groups in total.